The van der Waals surface area contributed by atoms with E-state index < -0.39 is 0 Å². The first-order valence-electron chi connectivity index (χ1n) is 7.18. The van der Waals surface area contributed by atoms with Crippen molar-refractivity contribution in [2.75, 3.05) is 13.1 Å². The predicted octanol–water partition coefficient (Wildman–Crippen LogP) is 2.62. The Morgan fingerprint density at radius 2 is 1.81 bits per heavy atom. The molecular weight excluding hydrogens is 196 g/mol. The molecule has 0 aromatic carbocycles. The topological polar surface area (TPSA) is 29.3 Å². The Kier molecular flexibility index (Phi) is 4.26. The van der Waals surface area contributed by atoms with Crippen LogP contribution in [0.3, 0.4) is 0 Å². The highest BCUT2D eigenvalue weighted by molar-refractivity contribution is 4.88. The van der Waals surface area contributed by atoms with Gasteiger partial charge in [-0.3, -0.25) is 4.90 Å². The van der Waals surface area contributed by atoms with E-state index >= 15 is 0 Å². The van der Waals surface area contributed by atoms with Crippen LogP contribution >= 0.6 is 0 Å². The normalized spacial score (nSPS) is 37.1. The monoisotopic (exact) mass is 224 g/mol. The van der Waals surface area contributed by atoms with E-state index in [-0.39, 0.29) is 0 Å². The van der Waals surface area contributed by atoms with Crippen LogP contribution in [0, 0.1) is 11.8 Å². The Labute approximate surface area is 101 Å². The molecule has 1 unspecified atom stereocenters. The largest absolute Gasteiger partial charge is 0.329 e. The number of nitrogens with two attached hydrogens (primary N) is 1. The average Bonchev–Trinajstić information content (AvgIpc) is 2.77. The molecule has 0 amide bonds. The van der Waals surface area contributed by atoms with Gasteiger partial charge in [0.1, 0.15) is 0 Å². The molecule has 94 valence electrons. The Morgan fingerprint density at radius 1 is 1.12 bits per heavy atom. The predicted molar refractivity (Wildman–Crippen MR) is 69.4 cm³/mol. The quantitative estimate of drug-likeness (QED) is 0.798. The Bertz CT molecular complexity index is 207. The van der Waals surface area contributed by atoms with Gasteiger partial charge >= 0.3 is 0 Å². The van der Waals surface area contributed by atoms with Crippen LogP contribution in [0.15, 0.2) is 0 Å². The molecular formula is C14H28N2. The lowest BCUT2D eigenvalue weighted by Crippen LogP contribution is -2.44. The standard InChI is InChI=1S/C14H28N2/c1-11(2)12-5-7-13(8-6-12)16-9-3-4-14(16)10-15/h11-14H,3-10,15H2,1-2H3. The molecule has 0 bridgehead atoms. The lowest BCUT2D eigenvalue weighted by atomic mass is 9.79. The van der Waals surface area contributed by atoms with Crippen LogP contribution in [0.25, 0.3) is 0 Å². The molecule has 16 heavy (non-hydrogen) atoms. The molecule has 2 rings (SSSR count). The summed E-state index contributed by atoms with van der Waals surface area (Å²) in [5.74, 6) is 1.86. The summed E-state index contributed by atoms with van der Waals surface area (Å²) in [7, 11) is 0. The van der Waals surface area contributed by atoms with Gasteiger partial charge in [-0.1, -0.05) is 13.8 Å². The second-order valence-electron chi connectivity index (χ2n) is 6.08. The second-order valence-corrected chi connectivity index (χ2v) is 6.08. The van der Waals surface area contributed by atoms with E-state index in [9.17, 15) is 0 Å². The molecule has 0 spiro atoms. The molecule has 1 saturated heterocycles. The second kappa shape index (κ2) is 5.50. The minimum absolute atomic E-state index is 0.695. The number of hydrogen-bond acceptors (Lipinski definition) is 2. The van der Waals surface area contributed by atoms with E-state index in [1.165, 1.54) is 45.1 Å². The van der Waals surface area contributed by atoms with Crippen LogP contribution in [0.1, 0.15) is 52.4 Å². The Hall–Kier alpha value is -0.0800. The summed E-state index contributed by atoms with van der Waals surface area (Å²) in [4.78, 5) is 2.72. The highest BCUT2D eigenvalue weighted by Crippen LogP contribution is 2.34. The first-order chi connectivity index (χ1) is 7.72. The maximum atomic E-state index is 5.86. The lowest BCUT2D eigenvalue weighted by Gasteiger charge is -2.38. The third kappa shape index (κ3) is 2.60. The molecule has 1 heterocycles. The summed E-state index contributed by atoms with van der Waals surface area (Å²) in [6.45, 7) is 6.93. The number of rotatable bonds is 3. The van der Waals surface area contributed by atoms with Gasteiger partial charge in [0.05, 0.1) is 0 Å². The Morgan fingerprint density at radius 3 is 2.38 bits per heavy atom. The molecule has 0 aromatic rings. The van der Waals surface area contributed by atoms with Crippen molar-refractivity contribution in [3.05, 3.63) is 0 Å². The van der Waals surface area contributed by atoms with E-state index in [2.05, 4.69) is 18.7 Å². The first kappa shape index (κ1) is 12.4. The van der Waals surface area contributed by atoms with Gasteiger partial charge in [-0.15, -0.1) is 0 Å². The lowest BCUT2D eigenvalue weighted by molar-refractivity contribution is 0.115. The molecule has 0 aromatic heterocycles. The maximum Gasteiger partial charge on any atom is 0.0221 e. The van der Waals surface area contributed by atoms with Crippen LogP contribution in [0.2, 0.25) is 0 Å². The molecule has 2 aliphatic rings. The van der Waals surface area contributed by atoms with Gasteiger partial charge in [-0.05, 0) is 56.9 Å². The fourth-order valence-electron chi connectivity index (χ4n) is 3.69. The van der Waals surface area contributed by atoms with E-state index in [1.807, 2.05) is 0 Å². The molecule has 0 radical (unpaired) electrons. The fourth-order valence-corrected chi connectivity index (χ4v) is 3.69. The fraction of sp³-hybridized carbons (Fsp3) is 1.00. The molecule has 1 aliphatic heterocycles. The van der Waals surface area contributed by atoms with Gasteiger partial charge in [0.15, 0.2) is 0 Å². The number of likely N-dealkylation sites (tertiary alicyclic amines) is 1. The third-order valence-electron chi connectivity index (χ3n) is 4.85. The molecule has 2 fully saturated rings. The maximum absolute atomic E-state index is 5.86. The summed E-state index contributed by atoms with van der Waals surface area (Å²) < 4.78 is 0. The highest BCUT2D eigenvalue weighted by atomic mass is 15.2. The molecule has 2 heteroatoms. The zero-order valence-corrected chi connectivity index (χ0v) is 11.0. The number of hydrogen-bond donors (Lipinski definition) is 1. The van der Waals surface area contributed by atoms with Gasteiger partial charge in [0, 0.05) is 18.6 Å². The highest BCUT2D eigenvalue weighted by Gasteiger charge is 2.32. The van der Waals surface area contributed by atoms with Crippen LogP contribution in [0.4, 0.5) is 0 Å². The summed E-state index contributed by atoms with van der Waals surface area (Å²) in [5.41, 5.74) is 5.86. The van der Waals surface area contributed by atoms with Crippen LogP contribution in [-0.4, -0.2) is 30.1 Å². The molecule has 2 N–H and O–H groups in total. The van der Waals surface area contributed by atoms with Crippen molar-refractivity contribution in [3.63, 3.8) is 0 Å². The molecule has 2 nitrogen and oxygen atoms in total. The van der Waals surface area contributed by atoms with Gasteiger partial charge in [0.25, 0.3) is 0 Å². The van der Waals surface area contributed by atoms with Crippen molar-refractivity contribution in [1.29, 1.82) is 0 Å². The van der Waals surface area contributed by atoms with Gasteiger partial charge in [0.2, 0.25) is 0 Å². The molecule has 1 saturated carbocycles. The zero-order valence-electron chi connectivity index (χ0n) is 11.0. The SMILES string of the molecule is CC(C)C1CCC(N2CCCC2CN)CC1. The van der Waals surface area contributed by atoms with Crippen molar-refractivity contribution < 1.29 is 0 Å². The summed E-state index contributed by atoms with van der Waals surface area (Å²) in [5, 5.41) is 0. The van der Waals surface area contributed by atoms with Gasteiger partial charge in [-0.25, -0.2) is 0 Å². The summed E-state index contributed by atoms with van der Waals surface area (Å²) in [6, 6.07) is 1.55. The van der Waals surface area contributed by atoms with E-state index in [0.29, 0.717) is 6.04 Å². The first-order valence-corrected chi connectivity index (χ1v) is 7.18. The van der Waals surface area contributed by atoms with Crippen molar-refractivity contribution in [2.45, 2.75) is 64.5 Å². The Balaban J connectivity index is 1.84. The molecule has 1 aliphatic carbocycles. The van der Waals surface area contributed by atoms with Gasteiger partial charge < -0.3 is 5.73 Å². The molecule has 1 atom stereocenters. The van der Waals surface area contributed by atoms with Gasteiger partial charge in [-0.2, -0.15) is 0 Å². The van der Waals surface area contributed by atoms with E-state index in [1.54, 1.807) is 0 Å². The summed E-state index contributed by atoms with van der Waals surface area (Å²) in [6.07, 6.45) is 8.41. The smallest absolute Gasteiger partial charge is 0.0221 e. The van der Waals surface area contributed by atoms with Crippen molar-refractivity contribution >= 4 is 0 Å². The van der Waals surface area contributed by atoms with Crippen LogP contribution in [-0.2, 0) is 0 Å². The van der Waals surface area contributed by atoms with Crippen LogP contribution < -0.4 is 5.73 Å². The van der Waals surface area contributed by atoms with Crippen molar-refractivity contribution in [1.82, 2.24) is 4.90 Å². The summed E-state index contributed by atoms with van der Waals surface area (Å²) >= 11 is 0. The van der Waals surface area contributed by atoms with E-state index in [0.717, 1.165) is 24.4 Å². The van der Waals surface area contributed by atoms with Crippen molar-refractivity contribution in [2.24, 2.45) is 17.6 Å². The zero-order chi connectivity index (χ0) is 11.5. The van der Waals surface area contributed by atoms with Crippen LogP contribution in [0.5, 0.6) is 0 Å². The minimum atomic E-state index is 0.695. The minimum Gasteiger partial charge on any atom is -0.329 e. The average molecular weight is 224 g/mol. The van der Waals surface area contributed by atoms with E-state index in [4.69, 9.17) is 5.73 Å². The van der Waals surface area contributed by atoms with Crippen molar-refractivity contribution in [3.8, 4) is 0 Å². The number of nitrogens with zero attached hydrogens (tertiary/aromatic N) is 1. The third-order valence-corrected chi connectivity index (χ3v) is 4.85.